The number of nitrogens with zero attached hydrogens (tertiary/aromatic N) is 1. The van der Waals surface area contributed by atoms with E-state index in [1.54, 1.807) is 23.5 Å². The van der Waals surface area contributed by atoms with Crippen molar-refractivity contribution in [2.45, 2.75) is 13.5 Å². The van der Waals surface area contributed by atoms with E-state index in [4.69, 9.17) is 5.26 Å². The van der Waals surface area contributed by atoms with Crippen LogP contribution in [0.5, 0.6) is 0 Å². The molecule has 2 nitrogen and oxygen atoms in total. The Morgan fingerprint density at radius 3 is 2.83 bits per heavy atom. The highest BCUT2D eigenvalue weighted by Gasteiger charge is 2.11. The number of rotatable bonds is 3. The first-order chi connectivity index (χ1) is 8.63. The second kappa shape index (κ2) is 5.51. The first-order valence-corrected chi connectivity index (χ1v) is 6.95. The largest absolute Gasteiger partial charge is 0.378 e. The molecule has 0 fully saturated rings. The number of anilines is 1. The molecule has 0 radical (unpaired) electrons. The molecule has 5 heteroatoms. The fraction of sp³-hybridized carbons (Fsp3) is 0.154. The molecule has 0 aliphatic heterocycles. The Kier molecular flexibility index (Phi) is 4.00. The molecule has 18 heavy (non-hydrogen) atoms. The zero-order chi connectivity index (χ0) is 13.1. The predicted octanol–water partition coefficient (Wildman–Crippen LogP) is 4.44. The zero-order valence-corrected chi connectivity index (χ0v) is 12.0. The van der Waals surface area contributed by atoms with Gasteiger partial charge in [0.25, 0.3) is 0 Å². The van der Waals surface area contributed by atoms with E-state index in [9.17, 15) is 4.39 Å². The maximum atomic E-state index is 13.9. The highest BCUT2D eigenvalue weighted by molar-refractivity contribution is 9.10. The minimum Gasteiger partial charge on any atom is -0.378 e. The Hall–Kier alpha value is -1.38. The Morgan fingerprint density at radius 1 is 1.44 bits per heavy atom. The van der Waals surface area contributed by atoms with Gasteiger partial charge in [-0.15, -0.1) is 11.3 Å². The molecule has 0 unspecified atom stereocenters. The first-order valence-electron chi connectivity index (χ1n) is 5.28. The average molecular weight is 325 g/mol. The van der Waals surface area contributed by atoms with Crippen molar-refractivity contribution in [2.75, 3.05) is 5.32 Å². The van der Waals surface area contributed by atoms with Gasteiger partial charge in [-0.1, -0.05) is 0 Å². The maximum Gasteiger partial charge on any atom is 0.161 e. The van der Waals surface area contributed by atoms with Crippen LogP contribution in [-0.2, 0) is 6.54 Å². The summed E-state index contributed by atoms with van der Waals surface area (Å²) >= 11 is 4.73. The summed E-state index contributed by atoms with van der Waals surface area (Å²) in [6, 6.07) is 7.14. The van der Waals surface area contributed by atoms with Crippen molar-refractivity contribution < 1.29 is 4.39 Å². The lowest BCUT2D eigenvalue weighted by Crippen LogP contribution is -2.02. The molecule has 1 aromatic heterocycles. The summed E-state index contributed by atoms with van der Waals surface area (Å²) in [4.78, 5) is 1.18. The summed E-state index contributed by atoms with van der Waals surface area (Å²) in [5.74, 6) is -0.428. The summed E-state index contributed by atoms with van der Waals surface area (Å²) in [5, 5.41) is 13.8. The quantitative estimate of drug-likeness (QED) is 0.905. The first kappa shape index (κ1) is 13.1. The van der Waals surface area contributed by atoms with E-state index in [2.05, 4.69) is 21.2 Å². The molecule has 1 aromatic carbocycles. The third-order valence-corrected chi connectivity index (χ3v) is 4.41. The van der Waals surface area contributed by atoms with Gasteiger partial charge in [-0.3, -0.25) is 0 Å². The van der Waals surface area contributed by atoms with Gasteiger partial charge in [0.05, 0.1) is 15.7 Å². The van der Waals surface area contributed by atoms with Crippen molar-refractivity contribution in [1.29, 1.82) is 5.26 Å². The Labute approximate surface area is 117 Å². The monoisotopic (exact) mass is 324 g/mol. The second-order valence-corrected chi connectivity index (χ2v) is 5.57. The van der Waals surface area contributed by atoms with Crippen LogP contribution in [0.1, 0.15) is 16.0 Å². The van der Waals surface area contributed by atoms with E-state index in [0.29, 0.717) is 17.8 Å². The van der Waals surface area contributed by atoms with Crippen molar-refractivity contribution in [1.82, 2.24) is 0 Å². The molecule has 0 saturated heterocycles. The molecule has 0 saturated carbocycles. The van der Waals surface area contributed by atoms with Crippen molar-refractivity contribution in [3.05, 3.63) is 49.9 Å². The van der Waals surface area contributed by atoms with E-state index >= 15 is 0 Å². The van der Waals surface area contributed by atoms with Crippen LogP contribution in [0.4, 0.5) is 10.1 Å². The topological polar surface area (TPSA) is 35.8 Å². The van der Waals surface area contributed by atoms with Crippen LogP contribution >= 0.6 is 27.3 Å². The summed E-state index contributed by atoms with van der Waals surface area (Å²) in [5.41, 5.74) is 1.89. The van der Waals surface area contributed by atoms with Gasteiger partial charge in [0.15, 0.2) is 5.82 Å². The van der Waals surface area contributed by atoms with E-state index in [0.717, 1.165) is 0 Å². The normalized spacial score (nSPS) is 10.1. The van der Waals surface area contributed by atoms with Crippen LogP contribution in [-0.4, -0.2) is 0 Å². The van der Waals surface area contributed by atoms with Gasteiger partial charge in [-0.25, -0.2) is 4.39 Å². The Balaban J connectivity index is 2.19. The maximum absolute atomic E-state index is 13.9. The molecule has 0 amide bonds. The smallest absolute Gasteiger partial charge is 0.161 e. The number of thiophene rings is 1. The lowest BCUT2D eigenvalue weighted by molar-refractivity contribution is 0.623. The highest BCUT2D eigenvalue weighted by Crippen LogP contribution is 2.27. The van der Waals surface area contributed by atoms with Crippen LogP contribution in [0.3, 0.4) is 0 Å². The van der Waals surface area contributed by atoms with E-state index in [-0.39, 0.29) is 4.47 Å². The number of aryl methyl sites for hydroxylation is 1. The number of nitriles is 1. The molecule has 0 aliphatic rings. The van der Waals surface area contributed by atoms with Gasteiger partial charge in [0.2, 0.25) is 0 Å². The van der Waals surface area contributed by atoms with E-state index < -0.39 is 5.82 Å². The molecule has 2 rings (SSSR count). The van der Waals surface area contributed by atoms with Gasteiger partial charge in [0, 0.05) is 11.4 Å². The Bertz CT molecular complexity index is 616. The fourth-order valence-corrected chi connectivity index (χ4v) is 2.81. The van der Waals surface area contributed by atoms with Gasteiger partial charge < -0.3 is 5.32 Å². The van der Waals surface area contributed by atoms with Gasteiger partial charge >= 0.3 is 0 Å². The number of hydrogen-bond donors (Lipinski definition) is 1. The van der Waals surface area contributed by atoms with Gasteiger partial charge in [0.1, 0.15) is 6.07 Å². The molecule has 1 heterocycles. The minimum absolute atomic E-state index is 0.206. The third kappa shape index (κ3) is 2.55. The third-order valence-electron chi connectivity index (χ3n) is 2.61. The molecule has 0 atom stereocenters. The average Bonchev–Trinajstić information content (AvgIpc) is 2.77. The molecule has 92 valence electrons. The van der Waals surface area contributed by atoms with Crippen LogP contribution < -0.4 is 5.32 Å². The molecule has 0 aliphatic carbocycles. The lowest BCUT2D eigenvalue weighted by Gasteiger charge is -2.09. The van der Waals surface area contributed by atoms with E-state index in [1.807, 2.05) is 24.4 Å². The number of nitrogens with one attached hydrogen (secondary N) is 1. The van der Waals surface area contributed by atoms with Crippen LogP contribution in [0, 0.1) is 24.1 Å². The standard InChI is InChI=1S/C13H10BrFN2S/c1-8-4-5-18-11(8)7-17-10-3-2-9(6-16)12(14)13(10)15/h2-5,17H,7H2,1H3. The van der Waals surface area contributed by atoms with Crippen LogP contribution in [0.25, 0.3) is 0 Å². The SMILES string of the molecule is Cc1ccsc1CNc1ccc(C#N)c(Br)c1F. The van der Waals surface area contributed by atoms with E-state index in [1.165, 1.54) is 10.4 Å². The van der Waals surface area contributed by atoms with Gasteiger partial charge in [-0.05, 0) is 52.0 Å². The molecule has 0 spiro atoms. The minimum atomic E-state index is -0.428. The molecule has 0 bridgehead atoms. The zero-order valence-electron chi connectivity index (χ0n) is 9.63. The molecular weight excluding hydrogens is 315 g/mol. The van der Waals surface area contributed by atoms with Crippen LogP contribution in [0.15, 0.2) is 28.1 Å². The predicted molar refractivity (Wildman–Crippen MR) is 75.2 cm³/mol. The molecule has 2 aromatic rings. The van der Waals surface area contributed by atoms with Crippen molar-refractivity contribution in [3.8, 4) is 6.07 Å². The number of hydrogen-bond acceptors (Lipinski definition) is 3. The summed E-state index contributed by atoms with van der Waals surface area (Å²) in [6.07, 6.45) is 0. The second-order valence-electron chi connectivity index (χ2n) is 3.78. The van der Waals surface area contributed by atoms with Crippen molar-refractivity contribution in [2.24, 2.45) is 0 Å². The van der Waals surface area contributed by atoms with Crippen LogP contribution in [0.2, 0.25) is 0 Å². The summed E-state index contributed by atoms with van der Waals surface area (Å²) in [7, 11) is 0. The number of benzene rings is 1. The summed E-state index contributed by atoms with van der Waals surface area (Å²) in [6.45, 7) is 2.61. The van der Waals surface area contributed by atoms with Gasteiger partial charge in [-0.2, -0.15) is 5.26 Å². The molecular formula is C13H10BrFN2S. The van der Waals surface area contributed by atoms with Crippen molar-refractivity contribution >= 4 is 33.0 Å². The van der Waals surface area contributed by atoms with Crippen molar-refractivity contribution in [3.63, 3.8) is 0 Å². The summed E-state index contributed by atoms with van der Waals surface area (Å²) < 4.78 is 14.1. The Morgan fingerprint density at radius 2 is 2.22 bits per heavy atom. The highest BCUT2D eigenvalue weighted by atomic mass is 79.9. The molecule has 1 N–H and O–H groups in total. The fourth-order valence-electron chi connectivity index (χ4n) is 1.53. The lowest BCUT2D eigenvalue weighted by atomic mass is 10.2. The number of halogens is 2.